The van der Waals surface area contributed by atoms with Crippen LogP contribution in [0, 0.1) is 0 Å². The fourth-order valence-electron chi connectivity index (χ4n) is 1.66. The first-order chi connectivity index (χ1) is 7.88. The Bertz CT molecular complexity index is 348. The average molecular weight is 238 g/mol. The van der Waals surface area contributed by atoms with E-state index in [0.717, 1.165) is 6.54 Å². The topological polar surface area (TPSA) is 58.7 Å². The largest absolute Gasteiger partial charge is 0.490 e. The second kappa shape index (κ2) is 5.89. The fraction of sp³-hybridized carbons (Fsp3) is 0.538. The summed E-state index contributed by atoms with van der Waals surface area (Å²) in [5.74, 6) is 0.712. The second-order valence-corrected chi connectivity index (χ2v) is 4.94. The molecule has 0 heterocycles. The van der Waals surface area contributed by atoms with Gasteiger partial charge in [0.15, 0.2) is 0 Å². The van der Waals surface area contributed by atoms with Gasteiger partial charge in [-0.05, 0) is 33.0 Å². The van der Waals surface area contributed by atoms with Crippen LogP contribution in [0.2, 0.25) is 0 Å². The maximum absolute atomic E-state index is 9.65. The van der Waals surface area contributed by atoms with Crippen molar-refractivity contribution in [3.63, 3.8) is 0 Å². The molecule has 1 aromatic carbocycles. The van der Waals surface area contributed by atoms with E-state index >= 15 is 0 Å². The van der Waals surface area contributed by atoms with Crippen molar-refractivity contribution in [3.8, 4) is 5.75 Å². The molecule has 1 aromatic rings. The Labute approximate surface area is 103 Å². The molecule has 0 atom stereocenters. The zero-order valence-electron chi connectivity index (χ0n) is 10.8. The number of anilines is 1. The molecule has 4 heteroatoms. The molecule has 0 radical (unpaired) electrons. The fourth-order valence-corrected chi connectivity index (χ4v) is 1.66. The molecule has 0 unspecified atom stereocenters. The Morgan fingerprint density at radius 2 is 2.00 bits per heavy atom. The monoisotopic (exact) mass is 238 g/mol. The van der Waals surface area contributed by atoms with E-state index in [1.54, 1.807) is 13.8 Å². The van der Waals surface area contributed by atoms with E-state index in [2.05, 4.69) is 0 Å². The minimum absolute atomic E-state index is 0.556. The molecule has 96 valence electrons. The first-order valence-corrected chi connectivity index (χ1v) is 5.77. The molecule has 1 rings (SSSR count). The molecule has 0 spiro atoms. The number of hydrogen-bond acceptors (Lipinski definition) is 4. The molecule has 0 saturated heterocycles. The normalized spacial score (nSPS) is 11.8. The van der Waals surface area contributed by atoms with Gasteiger partial charge in [-0.1, -0.05) is 12.1 Å². The summed E-state index contributed by atoms with van der Waals surface area (Å²) in [4.78, 5) is 2.03. The Morgan fingerprint density at radius 3 is 2.59 bits per heavy atom. The van der Waals surface area contributed by atoms with Crippen LogP contribution < -0.4 is 10.5 Å². The summed E-state index contributed by atoms with van der Waals surface area (Å²) in [6, 6.07) is 7.44. The molecule has 0 aromatic heterocycles. The van der Waals surface area contributed by atoms with Gasteiger partial charge in [-0.3, -0.25) is 0 Å². The van der Waals surface area contributed by atoms with Crippen molar-refractivity contribution in [1.29, 1.82) is 0 Å². The number of rotatable bonds is 6. The van der Waals surface area contributed by atoms with E-state index in [-0.39, 0.29) is 0 Å². The van der Waals surface area contributed by atoms with E-state index in [9.17, 15) is 5.11 Å². The van der Waals surface area contributed by atoms with Crippen molar-refractivity contribution in [2.45, 2.75) is 19.4 Å². The first kappa shape index (κ1) is 13.8. The molecular weight excluding hydrogens is 216 g/mol. The van der Waals surface area contributed by atoms with E-state index in [4.69, 9.17) is 10.5 Å². The Balaban J connectivity index is 2.31. The molecule has 0 aliphatic heterocycles. The molecule has 3 N–H and O–H groups in total. The average Bonchev–Trinajstić information content (AvgIpc) is 2.18. The van der Waals surface area contributed by atoms with Crippen LogP contribution >= 0.6 is 0 Å². The molecule has 0 saturated carbocycles. The van der Waals surface area contributed by atoms with Crippen LogP contribution in [0.3, 0.4) is 0 Å². The number of nitrogens with zero attached hydrogens (tertiary/aromatic N) is 1. The van der Waals surface area contributed by atoms with Crippen molar-refractivity contribution in [2.75, 3.05) is 32.5 Å². The van der Waals surface area contributed by atoms with Crippen LogP contribution in [0.25, 0.3) is 0 Å². The zero-order chi connectivity index (χ0) is 12.9. The molecule has 0 aliphatic carbocycles. The van der Waals surface area contributed by atoms with Crippen molar-refractivity contribution < 1.29 is 9.84 Å². The highest BCUT2D eigenvalue weighted by Crippen LogP contribution is 2.19. The van der Waals surface area contributed by atoms with Crippen molar-refractivity contribution in [2.24, 2.45) is 0 Å². The standard InChI is InChI=1S/C13H22N2O2/c1-13(2,16)10-15(3)8-9-17-12-7-5-4-6-11(12)14/h4-7,16H,8-10,14H2,1-3H3. The van der Waals surface area contributed by atoms with Gasteiger partial charge in [0.25, 0.3) is 0 Å². The lowest BCUT2D eigenvalue weighted by atomic mass is 10.1. The number of para-hydroxylation sites is 2. The van der Waals surface area contributed by atoms with Crippen molar-refractivity contribution in [3.05, 3.63) is 24.3 Å². The molecule has 17 heavy (non-hydrogen) atoms. The maximum Gasteiger partial charge on any atom is 0.142 e. The highest BCUT2D eigenvalue weighted by molar-refractivity contribution is 5.51. The van der Waals surface area contributed by atoms with Crippen LogP contribution in [0.1, 0.15) is 13.8 Å². The molecule has 0 bridgehead atoms. The van der Waals surface area contributed by atoms with Gasteiger partial charge in [-0.25, -0.2) is 0 Å². The van der Waals surface area contributed by atoms with Gasteiger partial charge in [0.2, 0.25) is 0 Å². The van der Waals surface area contributed by atoms with Crippen LogP contribution in [-0.4, -0.2) is 42.4 Å². The summed E-state index contributed by atoms with van der Waals surface area (Å²) in [5, 5.41) is 9.65. The van der Waals surface area contributed by atoms with Gasteiger partial charge in [0.1, 0.15) is 12.4 Å². The lowest BCUT2D eigenvalue weighted by Crippen LogP contribution is -2.38. The highest BCUT2D eigenvalue weighted by atomic mass is 16.5. The summed E-state index contributed by atoms with van der Waals surface area (Å²) in [5.41, 5.74) is 5.73. The molecule has 0 aliphatic rings. The molecular formula is C13H22N2O2. The van der Waals surface area contributed by atoms with E-state index < -0.39 is 5.60 Å². The third-order valence-corrected chi connectivity index (χ3v) is 2.31. The second-order valence-electron chi connectivity index (χ2n) is 4.94. The van der Waals surface area contributed by atoms with Crippen LogP contribution in [-0.2, 0) is 0 Å². The minimum atomic E-state index is -0.680. The number of nitrogen functional groups attached to an aromatic ring is 1. The smallest absolute Gasteiger partial charge is 0.142 e. The summed E-state index contributed by atoms with van der Waals surface area (Å²) < 4.78 is 5.57. The summed E-state index contributed by atoms with van der Waals surface area (Å²) >= 11 is 0. The highest BCUT2D eigenvalue weighted by Gasteiger charge is 2.15. The summed E-state index contributed by atoms with van der Waals surface area (Å²) in [7, 11) is 1.95. The maximum atomic E-state index is 9.65. The number of ether oxygens (including phenoxy) is 1. The van der Waals surface area contributed by atoms with Gasteiger partial charge < -0.3 is 20.5 Å². The van der Waals surface area contributed by atoms with Crippen LogP contribution in [0.15, 0.2) is 24.3 Å². The minimum Gasteiger partial charge on any atom is -0.490 e. The number of hydrogen-bond donors (Lipinski definition) is 2. The van der Waals surface area contributed by atoms with E-state index in [0.29, 0.717) is 24.6 Å². The van der Waals surface area contributed by atoms with Gasteiger partial charge in [0.05, 0.1) is 11.3 Å². The number of benzene rings is 1. The molecule has 0 amide bonds. The predicted octanol–water partition coefficient (Wildman–Crippen LogP) is 1.35. The lowest BCUT2D eigenvalue weighted by Gasteiger charge is -2.25. The van der Waals surface area contributed by atoms with Crippen LogP contribution in [0.4, 0.5) is 5.69 Å². The Hall–Kier alpha value is -1.26. The first-order valence-electron chi connectivity index (χ1n) is 5.77. The van der Waals surface area contributed by atoms with Gasteiger partial charge in [-0.2, -0.15) is 0 Å². The van der Waals surface area contributed by atoms with Crippen LogP contribution in [0.5, 0.6) is 5.75 Å². The number of nitrogens with two attached hydrogens (primary N) is 1. The SMILES string of the molecule is CN(CCOc1ccccc1N)CC(C)(C)O. The van der Waals surface area contributed by atoms with Crippen molar-refractivity contribution in [1.82, 2.24) is 4.90 Å². The van der Waals surface area contributed by atoms with E-state index in [1.807, 2.05) is 36.2 Å². The van der Waals surface area contributed by atoms with Gasteiger partial charge in [-0.15, -0.1) is 0 Å². The van der Waals surface area contributed by atoms with E-state index in [1.165, 1.54) is 0 Å². The number of likely N-dealkylation sites (N-methyl/N-ethyl adjacent to an activating group) is 1. The third-order valence-electron chi connectivity index (χ3n) is 2.31. The predicted molar refractivity (Wildman–Crippen MR) is 70.1 cm³/mol. The van der Waals surface area contributed by atoms with Gasteiger partial charge >= 0.3 is 0 Å². The summed E-state index contributed by atoms with van der Waals surface area (Å²) in [6.45, 7) is 5.50. The molecule has 4 nitrogen and oxygen atoms in total. The van der Waals surface area contributed by atoms with Crippen molar-refractivity contribution >= 4 is 5.69 Å². The van der Waals surface area contributed by atoms with Gasteiger partial charge in [0, 0.05) is 13.1 Å². The summed E-state index contributed by atoms with van der Waals surface area (Å²) in [6.07, 6.45) is 0. The Morgan fingerprint density at radius 1 is 1.35 bits per heavy atom. The lowest BCUT2D eigenvalue weighted by molar-refractivity contribution is 0.0411. The quantitative estimate of drug-likeness (QED) is 0.734. The number of aliphatic hydroxyl groups is 1. The Kier molecular flexibility index (Phi) is 4.78. The zero-order valence-corrected chi connectivity index (χ0v) is 10.8. The third kappa shape index (κ3) is 5.56. The molecule has 0 fully saturated rings.